The number of aromatic nitrogens is 1. The molecule has 3 heterocycles. The molecule has 2 N–H and O–H groups in total. The number of thiophene rings is 1. The third kappa shape index (κ3) is 3.21. The second-order valence-corrected chi connectivity index (χ2v) is 8.07. The zero-order valence-electron chi connectivity index (χ0n) is 14.2. The fraction of sp³-hybridized carbons (Fsp3) is 0.526. The normalized spacial score (nSPS) is 22.2. The molecule has 2 aromatic rings. The molecule has 2 aliphatic rings. The van der Waals surface area contributed by atoms with Crippen LogP contribution in [0.2, 0.25) is 0 Å². The van der Waals surface area contributed by atoms with Crippen LogP contribution in [0.3, 0.4) is 0 Å². The first-order chi connectivity index (χ1) is 11.7. The van der Waals surface area contributed by atoms with Crippen LogP contribution in [0.5, 0.6) is 5.75 Å². The Morgan fingerprint density at radius 1 is 1.29 bits per heavy atom. The maximum absolute atomic E-state index is 10.2. The molecule has 24 heavy (non-hydrogen) atoms. The molecule has 5 heteroatoms. The molecule has 0 amide bonds. The highest BCUT2D eigenvalue weighted by atomic mass is 32.1. The summed E-state index contributed by atoms with van der Waals surface area (Å²) in [6.07, 6.45) is 3.82. The molecule has 1 atom stereocenters. The van der Waals surface area contributed by atoms with Crippen molar-refractivity contribution in [3.8, 4) is 5.75 Å². The lowest BCUT2D eigenvalue weighted by Gasteiger charge is -2.29. The Hall–Kier alpha value is -1.43. The zero-order chi connectivity index (χ0) is 16.6. The van der Waals surface area contributed by atoms with Crippen LogP contribution < -0.4 is 5.32 Å². The minimum atomic E-state index is 0.316. The van der Waals surface area contributed by atoms with Crippen LogP contribution in [0.4, 0.5) is 0 Å². The van der Waals surface area contributed by atoms with Gasteiger partial charge in [-0.05, 0) is 79.2 Å². The minimum Gasteiger partial charge on any atom is -0.506 e. The maximum Gasteiger partial charge on any atom is 0.138 e. The number of rotatable bonds is 5. The molecule has 128 valence electrons. The van der Waals surface area contributed by atoms with Gasteiger partial charge in [0.05, 0.1) is 5.69 Å². The molecule has 1 aliphatic carbocycles. The minimum absolute atomic E-state index is 0.316. The Morgan fingerprint density at radius 2 is 2.12 bits per heavy atom. The van der Waals surface area contributed by atoms with Crippen molar-refractivity contribution in [3.05, 3.63) is 45.9 Å². The van der Waals surface area contributed by atoms with Gasteiger partial charge in [-0.25, -0.2) is 0 Å². The van der Waals surface area contributed by atoms with E-state index in [4.69, 9.17) is 0 Å². The molecule has 4 nitrogen and oxygen atoms in total. The van der Waals surface area contributed by atoms with Gasteiger partial charge in [0, 0.05) is 24.8 Å². The molecule has 2 fully saturated rings. The first-order valence-corrected chi connectivity index (χ1v) is 9.72. The molecular weight excluding hydrogens is 318 g/mol. The summed E-state index contributed by atoms with van der Waals surface area (Å²) in [5.41, 5.74) is 3.62. The van der Waals surface area contributed by atoms with Gasteiger partial charge in [0.2, 0.25) is 0 Å². The highest BCUT2D eigenvalue weighted by molar-refractivity contribution is 7.07. The number of piperidine rings is 1. The summed E-state index contributed by atoms with van der Waals surface area (Å²) in [5.74, 6) is 0.316. The van der Waals surface area contributed by atoms with Crippen LogP contribution in [0.15, 0.2) is 29.0 Å². The van der Waals surface area contributed by atoms with E-state index in [1.54, 1.807) is 17.4 Å². The summed E-state index contributed by atoms with van der Waals surface area (Å²) in [6, 6.07) is 6.46. The predicted molar refractivity (Wildman–Crippen MR) is 97.1 cm³/mol. The molecule has 1 saturated heterocycles. The SMILES string of the molecule is Cc1ccc(O)c(CN(Cc2ccsc2)C2CC23CCNCC3)n1. The predicted octanol–water partition coefficient (Wildman–Crippen LogP) is 3.30. The Kier molecular flexibility index (Phi) is 4.33. The van der Waals surface area contributed by atoms with Gasteiger partial charge in [-0.1, -0.05) is 0 Å². The van der Waals surface area contributed by atoms with Crippen molar-refractivity contribution in [2.45, 2.75) is 45.3 Å². The highest BCUT2D eigenvalue weighted by Crippen LogP contribution is 2.56. The summed E-state index contributed by atoms with van der Waals surface area (Å²) in [5, 5.41) is 18.1. The fourth-order valence-electron chi connectivity index (χ4n) is 4.11. The van der Waals surface area contributed by atoms with Crippen molar-refractivity contribution >= 4 is 11.3 Å². The number of nitrogens with one attached hydrogen (secondary N) is 1. The summed E-state index contributed by atoms with van der Waals surface area (Å²) < 4.78 is 0. The summed E-state index contributed by atoms with van der Waals surface area (Å²) in [7, 11) is 0. The van der Waals surface area contributed by atoms with Gasteiger partial charge in [0.15, 0.2) is 0 Å². The van der Waals surface area contributed by atoms with Gasteiger partial charge in [0.25, 0.3) is 0 Å². The number of hydrogen-bond donors (Lipinski definition) is 2. The van der Waals surface area contributed by atoms with Gasteiger partial charge in [0.1, 0.15) is 5.75 Å². The molecule has 2 aromatic heterocycles. The number of nitrogens with zero attached hydrogens (tertiary/aromatic N) is 2. The lowest BCUT2D eigenvalue weighted by Crippen LogP contribution is -2.35. The van der Waals surface area contributed by atoms with Crippen LogP contribution >= 0.6 is 11.3 Å². The Labute approximate surface area is 147 Å². The van der Waals surface area contributed by atoms with Crippen LogP contribution in [-0.2, 0) is 13.1 Å². The van der Waals surface area contributed by atoms with E-state index in [9.17, 15) is 5.11 Å². The molecule has 0 bridgehead atoms. The third-order valence-electron chi connectivity index (χ3n) is 5.59. The number of aryl methyl sites for hydroxylation is 1. The largest absolute Gasteiger partial charge is 0.506 e. The van der Waals surface area contributed by atoms with Crippen molar-refractivity contribution in [3.63, 3.8) is 0 Å². The van der Waals surface area contributed by atoms with Gasteiger partial charge in [-0.3, -0.25) is 9.88 Å². The molecule has 4 rings (SSSR count). The summed E-state index contributed by atoms with van der Waals surface area (Å²) in [4.78, 5) is 7.12. The van der Waals surface area contributed by atoms with Crippen LogP contribution in [-0.4, -0.2) is 34.1 Å². The van der Waals surface area contributed by atoms with Crippen molar-refractivity contribution in [2.24, 2.45) is 5.41 Å². The maximum atomic E-state index is 10.2. The molecule has 0 aromatic carbocycles. The highest BCUT2D eigenvalue weighted by Gasteiger charge is 2.56. The average molecular weight is 343 g/mol. The van der Waals surface area contributed by atoms with E-state index >= 15 is 0 Å². The number of pyridine rings is 1. The van der Waals surface area contributed by atoms with Crippen LogP contribution in [0.1, 0.15) is 36.2 Å². The van der Waals surface area contributed by atoms with Gasteiger partial charge in [-0.15, -0.1) is 0 Å². The zero-order valence-corrected chi connectivity index (χ0v) is 15.0. The summed E-state index contributed by atoms with van der Waals surface area (Å²) >= 11 is 1.75. The lowest BCUT2D eigenvalue weighted by atomic mass is 9.93. The van der Waals surface area contributed by atoms with E-state index in [-0.39, 0.29) is 0 Å². The third-order valence-corrected chi connectivity index (χ3v) is 6.33. The Balaban J connectivity index is 1.55. The van der Waals surface area contributed by atoms with Crippen LogP contribution in [0, 0.1) is 12.3 Å². The lowest BCUT2D eigenvalue weighted by molar-refractivity contribution is 0.184. The topological polar surface area (TPSA) is 48.4 Å². The Bertz CT molecular complexity index is 695. The smallest absolute Gasteiger partial charge is 0.138 e. The van der Waals surface area contributed by atoms with Gasteiger partial charge in [-0.2, -0.15) is 11.3 Å². The van der Waals surface area contributed by atoms with Gasteiger partial charge < -0.3 is 10.4 Å². The molecule has 1 saturated carbocycles. The molecule has 1 spiro atoms. The quantitative estimate of drug-likeness (QED) is 0.874. The van der Waals surface area contributed by atoms with Gasteiger partial charge >= 0.3 is 0 Å². The molecule has 1 unspecified atom stereocenters. The Morgan fingerprint density at radius 3 is 2.88 bits per heavy atom. The first kappa shape index (κ1) is 16.1. The van der Waals surface area contributed by atoms with E-state index in [1.807, 2.05) is 13.0 Å². The van der Waals surface area contributed by atoms with Crippen LogP contribution in [0.25, 0.3) is 0 Å². The first-order valence-electron chi connectivity index (χ1n) is 8.78. The second-order valence-electron chi connectivity index (χ2n) is 7.29. The van der Waals surface area contributed by atoms with Crippen molar-refractivity contribution in [1.82, 2.24) is 15.2 Å². The molecule has 1 aliphatic heterocycles. The van der Waals surface area contributed by atoms with E-state index in [1.165, 1.54) is 24.8 Å². The van der Waals surface area contributed by atoms with Crippen molar-refractivity contribution in [1.29, 1.82) is 0 Å². The van der Waals surface area contributed by atoms with E-state index in [0.717, 1.165) is 37.6 Å². The van der Waals surface area contributed by atoms with E-state index in [2.05, 4.69) is 32.0 Å². The number of aromatic hydroxyl groups is 1. The standard InChI is InChI=1S/C19H25N3OS/c1-14-2-3-17(23)16(21-14)12-22(11-15-4-9-24-13-15)18-10-19(18)5-7-20-8-6-19/h2-4,9,13,18,20,23H,5-8,10-12H2,1H3. The average Bonchev–Trinajstić information content (AvgIpc) is 3.02. The fourth-order valence-corrected chi connectivity index (χ4v) is 4.77. The van der Waals surface area contributed by atoms with E-state index < -0.39 is 0 Å². The second kappa shape index (κ2) is 6.47. The molecular formula is C19H25N3OS. The monoisotopic (exact) mass is 343 g/mol. The van der Waals surface area contributed by atoms with E-state index in [0.29, 0.717) is 17.2 Å². The van der Waals surface area contributed by atoms with Crippen molar-refractivity contribution in [2.75, 3.05) is 13.1 Å². The summed E-state index contributed by atoms with van der Waals surface area (Å²) in [6.45, 7) is 5.92. The number of hydrogen-bond acceptors (Lipinski definition) is 5. The molecule has 0 radical (unpaired) electrons. The van der Waals surface area contributed by atoms with Crippen molar-refractivity contribution < 1.29 is 5.11 Å².